The number of carbonyl (C=O) groups is 1. The normalized spacial score (nSPS) is 15.7. The van der Waals surface area contributed by atoms with Crippen molar-refractivity contribution >= 4 is 23.7 Å². The Morgan fingerprint density at radius 2 is 1.77 bits per heavy atom. The highest BCUT2D eigenvalue weighted by Crippen LogP contribution is 2.38. The Morgan fingerprint density at radius 1 is 1.12 bits per heavy atom. The maximum atomic E-state index is 12.5. The van der Waals surface area contributed by atoms with E-state index in [0.29, 0.717) is 0 Å². The van der Waals surface area contributed by atoms with Crippen LogP contribution in [0, 0.1) is 0 Å². The molecular weight excluding hydrogens is 365 g/mol. The van der Waals surface area contributed by atoms with Crippen molar-refractivity contribution in [2.45, 2.75) is 49.9 Å². The monoisotopic (exact) mass is 382 g/mol. The van der Waals surface area contributed by atoms with Crippen LogP contribution in [0.2, 0.25) is 0 Å². The number of nitrogens with one attached hydrogen (secondary N) is 2. The van der Waals surface area contributed by atoms with E-state index in [9.17, 15) is 18.0 Å². The number of anilines is 1. The first-order valence-electron chi connectivity index (χ1n) is 8.45. The molecule has 2 aliphatic rings. The van der Waals surface area contributed by atoms with Crippen LogP contribution >= 0.6 is 11.9 Å². The quantitative estimate of drug-likeness (QED) is 0.784. The van der Waals surface area contributed by atoms with Crippen LogP contribution in [-0.4, -0.2) is 15.8 Å². The second kappa shape index (κ2) is 6.53. The molecule has 2 N–H and O–H groups in total. The first-order valence-corrected chi connectivity index (χ1v) is 9.26. The molecule has 9 heteroatoms. The Hall–Kier alpha value is -2.16. The van der Waals surface area contributed by atoms with Crippen molar-refractivity contribution in [1.82, 2.24) is 14.5 Å². The molecule has 0 aliphatic heterocycles. The minimum absolute atomic E-state index is 0.0704. The number of alkyl halides is 3. The Kier molecular flexibility index (Phi) is 4.34. The maximum absolute atomic E-state index is 12.5. The lowest BCUT2D eigenvalue weighted by Crippen LogP contribution is -2.24. The summed E-state index contributed by atoms with van der Waals surface area (Å²) in [7, 11) is 0. The fourth-order valence-corrected chi connectivity index (χ4v) is 4.21. The number of hydrogen-bond acceptors (Lipinski definition) is 3. The van der Waals surface area contributed by atoms with E-state index in [-0.39, 0.29) is 9.71 Å². The fourth-order valence-electron chi connectivity index (χ4n) is 3.71. The zero-order chi connectivity index (χ0) is 18.3. The summed E-state index contributed by atoms with van der Waals surface area (Å²) in [5.74, 6) is 0. The van der Waals surface area contributed by atoms with Gasteiger partial charge in [0.05, 0.1) is 0 Å². The van der Waals surface area contributed by atoms with Crippen molar-refractivity contribution in [1.29, 1.82) is 0 Å². The molecule has 2 aliphatic carbocycles. The van der Waals surface area contributed by atoms with Gasteiger partial charge in [0.25, 0.3) is 0 Å². The molecule has 1 heterocycles. The molecule has 0 spiro atoms. The Labute approximate surface area is 152 Å². The van der Waals surface area contributed by atoms with Crippen molar-refractivity contribution < 1.29 is 18.0 Å². The Balaban J connectivity index is 1.45. The zero-order valence-corrected chi connectivity index (χ0v) is 14.6. The summed E-state index contributed by atoms with van der Waals surface area (Å²) in [5.41, 5.74) is 5.90. The first-order chi connectivity index (χ1) is 12.4. The van der Waals surface area contributed by atoms with E-state index in [1.165, 1.54) is 28.3 Å². The van der Waals surface area contributed by atoms with Crippen molar-refractivity contribution in [2.75, 3.05) is 5.32 Å². The third-order valence-electron chi connectivity index (χ3n) is 4.78. The van der Waals surface area contributed by atoms with Gasteiger partial charge in [-0.05, 0) is 66.8 Å². The van der Waals surface area contributed by atoms with Gasteiger partial charge in [0.2, 0.25) is 0 Å². The van der Waals surface area contributed by atoms with Crippen molar-refractivity contribution in [3.63, 3.8) is 0 Å². The molecule has 138 valence electrons. The molecule has 0 fully saturated rings. The number of rotatable bonds is 3. The minimum atomic E-state index is -4.56. The summed E-state index contributed by atoms with van der Waals surface area (Å²) in [4.78, 5) is 12.3. The molecule has 0 unspecified atom stereocenters. The number of hydrogen-bond donors (Lipinski definition) is 2. The zero-order valence-electron chi connectivity index (χ0n) is 13.8. The van der Waals surface area contributed by atoms with E-state index >= 15 is 0 Å². The van der Waals surface area contributed by atoms with Gasteiger partial charge in [-0.15, -0.1) is 13.2 Å². The minimum Gasteiger partial charge on any atom is -0.307 e. The van der Waals surface area contributed by atoms with E-state index in [1.54, 1.807) is 0 Å². The second-order valence-electron chi connectivity index (χ2n) is 6.46. The lowest BCUT2D eigenvalue weighted by Gasteiger charge is -2.16. The maximum Gasteiger partial charge on any atom is 0.504 e. The van der Waals surface area contributed by atoms with Gasteiger partial charge in [0.15, 0.2) is 0 Å². The molecule has 26 heavy (non-hydrogen) atoms. The lowest BCUT2D eigenvalue weighted by atomic mass is 9.99. The molecule has 0 bridgehead atoms. The van der Waals surface area contributed by atoms with Crippen LogP contribution in [0.5, 0.6) is 0 Å². The highest BCUT2D eigenvalue weighted by molar-refractivity contribution is 7.97. The van der Waals surface area contributed by atoms with Crippen LogP contribution in [0.1, 0.15) is 35.1 Å². The molecule has 4 rings (SSSR count). The lowest BCUT2D eigenvalue weighted by molar-refractivity contribution is -0.212. The number of benzene rings is 1. The number of aryl methyl sites for hydroxylation is 2. The van der Waals surface area contributed by atoms with Crippen LogP contribution in [0.4, 0.5) is 23.7 Å². The van der Waals surface area contributed by atoms with Gasteiger partial charge in [-0.3, -0.25) is 4.72 Å². The largest absolute Gasteiger partial charge is 0.504 e. The molecule has 0 saturated heterocycles. The standard InChI is InChI=1S/C17H17F3N4OS/c18-17(19,20)24-8-7-14(22-24)26-23-16(25)21-15-12-5-1-3-10(12)9-11-4-2-6-13(11)15/h7-9H,1-6H2,(H2,21,23,25). The topological polar surface area (TPSA) is 59.0 Å². The average Bonchev–Trinajstić information content (AvgIpc) is 3.31. The molecule has 2 aromatic rings. The first kappa shape index (κ1) is 17.3. The number of urea groups is 1. The summed E-state index contributed by atoms with van der Waals surface area (Å²) in [6, 6.07) is 3.02. The van der Waals surface area contributed by atoms with Gasteiger partial charge in [0, 0.05) is 23.8 Å². The molecule has 5 nitrogen and oxygen atoms in total. The number of carbonyl (C=O) groups excluding carboxylic acids is 1. The highest BCUT2D eigenvalue weighted by Gasteiger charge is 2.31. The van der Waals surface area contributed by atoms with Crippen molar-refractivity contribution in [3.8, 4) is 0 Å². The molecule has 0 atom stereocenters. The van der Waals surface area contributed by atoms with Crippen molar-refractivity contribution in [3.05, 3.63) is 40.6 Å². The van der Waals surface area contributed by atoms with Crippen LogP contribution in [-0.2, 0) is 32.0 Å². The predicted molar refractivity (Wildman–Crippen MR) is 92.0 cm³/mol. The number of aromatic nitrogens is 2. The number of nitrogens with zero attached hydrogens (tertiary/aromatic N) is 2. The Morgan fingerprint density at radius 3 is 2.35 bits per heavy atom. The predicted octanol–water partition coefficient (Wildman–Crippen LogP) is 4.17. The molecule has 1 aromatic heterocycles. The molecule has 1 aromatic carbocycles. The van der Waals surface area contributed by atoms with Crippen LogP contribution < -0.4 is 10.0 Å². The summed E-state index contributed by atoms with van der Waals surface area (Å²) in [6.07, 6.45) is 2.37. The molecule has 2 amide bonds. The van der Waals surface area contributed by atoms with E-state index < -0.39 is 12.3 Å². The van der Waals surface area contributed by atoms with Gasteiger partial charge in [0.1, 0.15) is 5.03 Å². The third-order valence-corrected chi connectivity index (χ3v) is 5.50. The summed E-state index contributed by atoms with van der Waals surface area (Å²) >= 11 is 0.757. The smallest absolute Gasteiger partial charge is 0.307 e. The van der Waals surface area contributed by atoms with Crippen LogP contribution in [0.3, 0.4) is 0 Å². The van der Waals surface area contributed by atoms with Gasteiger partial charge < -0.3 is 5.32 Å². The average molecular weight is 382 g/mol. The number of amides is 2. The summed E-state index contributed by atoms with van der Waals surface area (Å²) in [6.45, 7) is 0. The number of halogens is 3. The molecule has 0 saturated carbocycles. The highest BCUT2D eigenvalue weighted by atomic mass is 32.2. The van der Waals surface area contributed by atoms with E-state index in [0.717, 1.165) is 62.4 Å². The van der Waals surface area contributed by atoms with Crippen molar-refractivity contribution in [2.24, 2.45) is 0 Å². The summed E-state index contributed by atoms with van der Waals surface area (Å²) in [5, 5.41) is 6.38. The third kappa shape index (κ3) is 3.27. The SMILES string of the molecule is O=C(NSc1ccn(C(F)(F)F)n1)Nc1c2c(cc3c1CCC3)CCC2. The molecule has 0 radical (unpaired) electrons. The van der Waals surface area contributed by atoms with E-state index in [1.807, 2.05) is 0 Å². The van der Waals surface area contributed by atoms with Gasteiger partial charge in [-0.25, -0.2) is 4.79 Å². The second-order valence-corrected chi connectivity index (χ2v) is 7.29. The van der Waals surface area contributed by atoms with Gasteiger partial charge in [-0.2, -0.15) is 9.78 Å². The molecular formula is C17H17F3N4OS. The van der Waals surface area contributed by atoms with Crippen LogP contribution in [0.15, 0.2) is 23.4 Å². The van der Waals surface area contributed by atoms with E-state index in [4.69, 9.17) is 0 Å². The Bertz CT molecular complexity index is 830. The van der Waals surface area contributed by atoms with Gasteiger partial charge in [-0.1, -0.05) is 6.07 Å². The van der Waals surface area contributed by atoms with Gasteiger partial charge >= 0.3 is 12.3 Å². The van der Waals surface area contributed by atoms with E-state index in [2.05, 4.69) is 21.2 Å². The summed E-state index contributed by atoms with van der Waals surface area (Å²) < 4.78 is 40.0. The van der Waals surface area contributed by atoms with Crippen LogP contribution in [0.25, 0.3) is 0 Å². The number of fused-ring (bicyclic) bond motifs is 2. The fraction of sp³-hybridized carbons (Fsp3) is 0.412.